The lowest BCUT2D eigenvalue weighted by Gasteiger charge is -1.80. The molecule has 1 atom stereocenters. The number of rotatable bonds is 3. The van der Waals surface area contributed by atoms with E-state index in [1.807, 2.05) is 0 Å². The summed E-state index contributed by atoms with van der Waals surface area (Å²) in [6.07, 6.45) is 1.01. The lowest BCUT2D eigenvalue weighted by Crippen LogP contribution is -1.98. The first-order valence-electron chi connectivity index (χ1n) is 2.12. The van der Waals surface area contributed by atoms with Gasteiger partial charge in [0, 0.05) is 6.26 Å². The average molecular weight is 171 g/mol. The van der Waals surface area contributed by atoms with Gasteiger partial charge in [-0.1, -0.05) is 0 Å². The van der Waals surface area contributed by atoms with Gasteiger partial charge in [0.1, 0.15) is 0 Å². The first kappa shape index (κ1) is 9.01. The molecule has 0 aromatic heterocycles. The van der Waals surface area contributed by atoms with Crippen LogP contribution in [0.15, 0.2) is 0 Å². The molecule has 0 saturated heterocycles. The van der Waals surface area contributed by atoms with Crippen molar-refractivity contribution in [2.24, 2.45) is 0 Å². The topological polar surface area (TPSA) is 60.4 Å². The van der Waals surface area contributed by atoms with Crippen LogP contribution >= 0.6 is 8.03 Å². The molecule has 0 fully saturated rings. The van der Waals surface area contributed by atoms with E-state index in [9.17, 15) is 13.0 Å². The molecule has 0 saturated carbocycles. The zero-order chi connectivity index (χ0) is 7.49. The first-order valence-corrected chi connectivity index (χ1v) is 5.54. The molecule has 0 bridgehead atoms. The smallest absolute Gasteiger partial charge is 0.225 e. The van der Waals surface area contributed by atoms with E-state index in [-0.39, 0.29) is 0 Å². The Labute approximate surface area is 55.0 Å². The van der Waals surface area contributed by atoms with E-state index < -0.39 is 23.4 Å². The van der Waals surface area contributed by atoms with Crippen LogP contribution in [0.3, 0.4) is 0 Å². The Morgan fingerprint density at radius 2 is 2.00 bits per heavy atom. The summed E-state index contributed by atoms with van der Waals surface area (Å²) in [4.78, 5) is 0. The molecule has 6 heteroatoms. The Morgan fingerprint density at radius 3 is 2.11 bits per heavy atom. The summed E-state index contributed by atoms with van der Waals surface area (Å²) in [6, 6.07) is 0. The predicted octanol–water partition coefficient (Wildman–Crippen LogP) is 0.377. The maximum absolute atomic E-state index is 10.4. The van der Waals surface area contributed by atoms with Gasteiger partial charge in [-0.2, -0.15) is 0 Å². The summed E-state index contributed by atoms with van der Waals surface area (Å²) in [5, 5.41) is 0. The summed E-state index contributed by atoms with van der Waals surface area (Å²) < 4.78 is 35.3. The van der Waals surface area contributed by atoms with E-state index in [1.54, 1.807) is 0 Å². The Hall–Kier alpha value is 0.01000. The molecule has 0 amide bonds. The molecule has 0 aliphatic rings. The average Bonchev–Trinajstić information content (AvgIpc) is 1.62. The van der Waals surface area contributed by atoms with Crippen molar-refractivity contribution in [3.05, 3.63) is 0 Å². The summed E-state index contributed by atoms with van der Waals surface area (Å²) >= 11 is 0. The van der Waals surface area contributed by atoms with Gasteiger partial charge in [0.05, 0.1) is 7.11 Å². The molecule has 0 N–H and O–H groups in total. The Balaban J connectivity index is 3.91. The minimum atomic E-state index is -3.14. The monoisotopic (exact) mass is 171 g/mol. The van der Waals surface area contributed by atoms with Crippen molar-refractivity contribution < 1.29 is 17.5 Å². The number of sulfone groups is 1. The summed E-state index contributed by atoms with van der Waals surface area (Å²) in [7, 11) is -3.94. The van der Waals surface area contributed by atoms with E-state index in [1.165, 1.54) is 7.11 Å². The highest BCUT2D eigenvalue weighted by atomic mass is 32.2. The van der Waals surface area contributed by atoms with Crippen LogP contribution in [0.5, 0.6) is 0 Å². The van der Waals surface area contributed by atoms with Crippen molar-refractivity contribution >= 4 is 17.9 Å². The van der Waals surface area contributed by atoms with E-state index in [0.29, 0.717) is 0 Å². The third-order valence-electron chi connectivity index (χ3n) is 0.544. The highest BCUT2D eigenvalue weighted by Gasteiger charge is 2.22. The van der Waals surface area contributed by atoms with E-state index in [4.69, 9.17) is 0 Å². The minimum absolute atomic E-state index is 0.390. The van der Waals surface area contributed by atoms with Crippen LogP contribution in [0.2, 0.25) is 0 Å². The van der Waals surface area contributed by atoms with Gasteiger partial charge in [0.15, 0.2) is 9.84 Å². The van der Waals surface area contributed by atoms with Gasteiger partial charge in [0.25, 0.3) is 5.49 Å². The highest BCUT2D eigenvalue weighted by molar-refractivity contribution is 7.95. The van der Waals surface area contributed by atoms with Crippen LogP contribution in [-0.4, -0.2) is 27.3 Å². The molecular formula is C3H8O4PS+. The molecule has 0 aliphatic heterocycles. The SMILES string of the molecule is CO[P+](=O)CS(C)(=O)=O. The van der Waals surface area contributed by atoms with Crippen LogP contribution < -0.4 is 0 Å². The predicted molar refractivity (Wildman–Crippen MR) is 34.3 cm³/mol. The van der Waals surface area contributed by atoms with Gasteiger partial charge in [-0.15, -0.1) is 4.52 Å². The maximum atomic E-state index is 10.4. The lowest BCUT2D eigenvalue weighted by molar-refractivity contribution is 0.418. The molecule has 1 unspecified atom stereocenters. The molecule has 54 valence electrons. The van der Waals surface area contributed by atoms with Crippen LogP contribution in [0, 0.1) is 0 Å². The van der Waals surface area contributed by atoms with Crippen LogP contribution in [0.4, 0.5) is 0 Å². The first-order chi connectivity index (χ1) is 3.95. The molecule has 0 heterocycles. The molecule has 0 radical (unpaired) electrons. The normalized spacial score (nSPS) is 13.3. The van der Waals surface area contributed by atoms with Gasteiger partial charge < -0.3 is 0 Å². The fourth-order valence-corrected chi connectivity index (χ4v) is 2.20. The van der Waals surface area contributed by atoms with E-state index >= 15 is 0 Å². The Bertz CT molecular complexity index is 194. The van der Waals surface area contributed by atoms with Gasteiger partial charge >= 0.3 is 8.03 Å². The van der Waals surface area contributed by atoms with Gasteiger partial charge in [-0.25, -0.2) is 8.42 Å². The van der Waals surface area contributed by atoms with Crippen molar-refractivity contribution in [2.75, 3.05) is 18.9 Å². The molecule has 9 heavy (non-hydrogen) atoms. The van der Waals surface area contributed by atoms with Crippen molar-refractivity contribution in [1.82, 2.24) is 0 Å². The fraction of sp³-hybridized carbons (Fsp3) is 1.00. The standard InChI is InChI=1S/C3H8O4PS/c1-7-8(4)3-9(2,5)6/h3H2,1-2H3/q+1. The van der Waals surface area contributed by atoms with Gasteiger partial charge in [-0.3, -0.25) is 0 Å². The van der Waals surface area contributed by atoms with Crippen molar-refractivity contribution in [1.29, 1.82) is 0 Å². The highest BCUT2D eigenvalue weighted by Crippen LogP contribution is 2.21. The second kappa shape index (κ2) is 3.25. The molecular weight excluding hydrogens is 163 g/mol. The van der Waals surface area contributed by atoms with Gasteiger partial charge in [-0.05, 0) is 4.57 Å². The summed E-state index contributed by atoms with van der Waals surface area (Å²) in [6.45, 7) is 0. The molecule has 0 aromatic carbocycles. The zero-order valence-electron chi connectivity index (χ0n) is 5.20. The maximum Gasteiger partial charge on any atom is 0.524 e. The van der Waals surface area contributed by atoms with E-state index in [2.05, 4.69) is 4.52 Å². The second-order valence-corrected chi connectivity index (χ2v) is 5.49. The third kappa shape index (κ3) is 5.89. The fourth-order valence-electron chi connectivity index (χ4n) is 0.244. The third-order valence-corrected chi connectivity index (χ3v) is 3.67. The minimum Gasteiger partial charge on any atom is -0.225 e. The summed E-state index contributed by atoms with van der Waals surface area (Å²) in [5.41, 5.74) is -0.390. The van der Waals surface area contributed by atoms with Crippen LogP contribution in [-0.2, 0) is 18.9 Å². The van der Waals surface area contributed by atoms with Crippen molar-refractivity contribution in [3.8, 4) is 0 Å². The van der Waals surface area contributed by atoms with Crippen LogP contribution in [0.25, 0.3) is 0 Å². The molecule has 4 nitrogen and oxygen atoms in total. The molecule has 0 spiro atoms. The van der Waals surface area contributed by atoms with Crippen LogP contribution in [0.1, 0.15) is 0 Å². The summed E-state index contributed by atoms with van der Waals surface area (Å²) in [5.74, 6) is 0. The second-order valence-electron chi connectivity index (χ2n) is 1.57. The quantitative estimate of drug-likeness (QED) is 0.576. The lowest BCUT2D eigenvalue weighted by atomic mass is 11.8. The largest absolute Gasteiger partial charge is 0.524 e. The van der Waals surface area contributed by atoms with Crippen molar-refractivity contribution in [3.63, 3.8) is 0 Å². The molecule has 0 aliphatic carbocycles. The van der Waals surface area contributed by atoms with E-state index in [0.717, 1.165) is 6.26 Å². The van der Waals surface area contributed by atoms with Crippen molar-refractivity contribution in [2.45, 2.75) is 0 Å². The molecule has 0 aromatic rings. The number of hydrogen-bond acceptors (Lipinski definition) is 4. The Morgan fingerprint density at radius 1 is 1.56 bits per heavy atom. The van der Waals surface area contributed by atoms with Gasteiger partial charge in [0.2, 0.25) is 0 Å². The molecule has 0 rings (SSSR count). The Kier molecular flexibility index (Phi) is 3.25. The zero-order valence-corrected chi connectivity index (χ0v) is 6.91. The number of hydrogen-bond donors (Lipinski definition) is 0.